The summed E-state index contributed by atoms with van der Waals surface area (Å²) < 4.78 is 3.52. The second kappa shape index (κ2) is 6.68. The fourth-order valence-electron chi connectivity index (χ4n) is 3.09. The van der Waals surface area contributed by atoms with E-state index in [1.54, 1.807) is 33.5 Å². The molecule has 0 saturated carbocycles. The van der Waals surface area contributed by atoms with Crippen molar-refractivity contribution in [2.75, 3.05) is 7.05 Å². The van der Waals surface area contributed by atoms with E-state index in [2.05, 4.69) is 15.2 Å². The zero-order valence-electron chi connectivity index (χ0n) is 15.5. The molecule has 0 aliphatic heterocycles. The summed E-state index contributed by atoms with van der Waals surface area (Å²) in [5.41, 5.74) is 4.88. The highest BCUT2D eigenvalue weighted by molar-refractivity contribution is 5.95. The predicted octanol–water partition coefficient (Wildman–Crippen LogP) is 2.80. The van der Waals surface area contributed by atoms with Gasteiger partial charge in [0.2, 0.25) is 0 Å². The maximum absolute atomic E-state index is 12.9. The van der Waals surface area contributed by atoms with E-state index >= 15 is 0 Å². The van der Waals surface area contributed by atoms with Gasteiger partial charge in [-0.15, -0.1) is 0 Å². The Labute approximate surface area is 156 Å². The summed E-state index contributed by atoms with van der Waals surface area (Å²) in [4.78, 5) is 18.9. The number of carbonyl (C=O) groups is 1. The summed E-state index contributed by atoms with van der Waals surface area (Å²) in [6.45, 7) is 4.25. The SMILES string of the molecule is Cc1cc2ncc(C(=O)N(C)Cc3cnn(-c4ccccc4)c3)c(C)n2n1. The average molecular weight is 360 g/mol. The number of rotatable bonds is 4. The maximum Gasteiger partial charge on any atom is 0.257 e. The van der Waals surface area contributed by atoms with Crippen LogP contribution in [0.1, 0.15) is 27.3 Å². The lowest BCUT2D eigenvalue weighted by Gasteiger charge is -2.17. The highest BCUT2D eigenvalue weighted by atomic mass is 16.2. The number of benzene rings is 1. The Bertz CT molecular complexity index is 1110. The lowest BCUT2D eigenvalue weighted by Crippen LogP contribution is -2.27. The lowest BCUT2D eigenvalue weighted by molar-refractivity contribution is 0.0783. The molecule has 4 aromatic rings. The molecule has 0 aliphatic rings. The van der Waals surface area contributed by atoms with Gasteiger partial charge in [0.1, 0.15) is 0 Å². The summed E-state index contributed by atoms with van der Waals surface area (Å²) in [6.07, 6.45) is 5.34. The molecule has 0 fully saturated rings. The van der Waals surface area contributed by atoms with Crippen LogP contribution < -0.4 is 0 Å². The van der Waals surface area contributed by atoms with Crippen molar-refractivity contribution in [3.63, 3.8) is 0 Å². The summed E-state index contributed by atoms with van der Waals surface area (Å²) >= 11 is 0. The summed E-state index contributed by atoms with van der Waals surface area (Å²) in [6, 6.07) is 11.8. The van der Waals surface area contributed by atoms with Crippen LogP contribution in [0.2, 0.25) is 0 Å². The van der Waals surface area contributed by atoms with Crippen molar-refractivity contribution in [2.24, 2.45) is 0 Å². The second-order valence-electron chi connectivity index (χ2n) is 6.60. The molecule has 1 amide bonds. The largest absolute Gasteiger partial charge is 0.337 e. The first-order valence-corrected chi connectivity index (χ1v) is 8.69. The van der Waals surface area contributed by atoms with Gasteiger partial charge in [-0.2, -0.15) is 10.2 Å². The second-order valence-corrected chi connectivity index (χ2v) is 6.60. The van der Waals surface area contributed by atoms with Crippen LogP contribution in [0.15, 0.2) is 55.0 Å². The molecule has 4 rings (SSSR count). The Morgan fingerprint density at radius 1 is 1.15 bits per heavy atom. The van der Waals surface area contributed by atoms with Gasteiger partial charge in [-0.1, -0.05) is 18.2 Å². The molecule has 0 spiro atoms. The van der Waals surface area contributed by atoms with Gasteiger partial charge in [0, 0.05) is 37.6 Å². The third-order valence-electron chi connectivity index (χ3n) is 4.50. The van der Waals surface area contributed by atoms with Crippen molar-refractivity contribution in [3.05, 3.63) is 77.5 Å². The van der Waals surface area contributed by atoms with Gasteiger partial charge >= 0.3 is 0 Å². The summed E-state index contributed by atoms with van der Waals surface area (Å²) in [5, 5.41) is 8.79. The van der Waals surface area contributed by atoms with Crippen LogP contribution in [0.5, 0.6) is 0 Å². The molecule has 3 heterocycles. The number of hydrogen-bond acceptors (Lipinski definition) is 4. The number of aryl methyl sites for hydroxylation is 2. The van der Waals surface area contributed by atoms with Crippen molar-refractivity contribution in [2.45, 2.75) is 20.4 Å². The standard InChI is InChI=1S/C20H20N6O/c1-14-9-19-21-11-18(15(2)26(19)23-14)20(27)24(3)12-16-10-22-25(13-16)17-7-5-4-6-8-17/h4-11,13H,12H2,1-3H3. The molecule has 7 nitrogen and oxygen atoms in total. The van der Waals surface area contributed by atoms with Crippen molar-refractivity contribution < 1.29 is 4.79 Å². The first-order chi connectivity index (χ1) is 13.0. The number of nitrogens with zero attached hydrogens (tertiary/aromatic N) is 6. The maximum atomic E-state index is 12.9. The summed E-state index contributed by atoms with van der Waals surface area (Å²) in [5.74, 6) is -0.0949. The van der Waals surface area contributed by atoms with Gasteiger partial charge in [0.05, 0.1) is 28.8 Å². The number of para-hydroxylation sites is 1. The van der Waals surface area contributed by atoms with E-state index in [0.29, 0.717) is 12.1 Å². The molecule has 1 aromatic carbocycles. The molecule has 0 bridgehead atoms. The predicted molar refractivity (Wildman–Crippen MR) is 102 cm³/mol. The van der Waals surface area contributed by atoms with Crippen molar-refractivity contribution in [1.82, 2.24) is 29.3 Å². The first kappa shape index (κ1) is 17.0. The summed E-state index contributed by atoms with van der Waals surface area (Å²) in [7, 11) is 1.78. The Morgan fingerprint density at radius 3 is 2.70 bits per heavy atom. The molecule has 136 valence electrons. The van der Waals surface area contributed by atoms with Crippen molar-refractivity contribution >= 4 is 11.6 Å². The third kappa shape index (κ3) is 3.19. The molecule has 0 atom stereocenters. The smallest absolute Gasteiger partial charge is 0.257 e. The van der Waals surface area contributed by atoms with E-state index in [1.165, 1.54) is 0 Å². The third-order valence-corrected chi connectivity index (χ3v) is 4.50. The van der Waals surface area contributed by atoms with Crippen LogP contribution in [-0.2, 0) is 6.54 Å². The molecular formula is C20H20N6O. The van der Waals surface area contributed by atoms with Gasteiger partial charge in [0.25, 0.3) is 5.91 Å². The van der Waals surface area contributed by atoms with E-state index < -0.39 is 0 Å². The molecule has 27 heavy (non-hydrogen) atoms. The molecule has 0 N–H and O–H groups in total. The molecule has 0 radical (unpaired) electrons. The van der Waals surface area contributed by atoms with Crippen LogP contribution in [0.25, 0.3) is 11.3 Å². The normalized spacial score (nSPS) is 11.1. The topological polar surface area (TPSA) is 68.3 Å². The molecule has 0 saturated heterocycles. The Kier molecular flexibility index (Phi) is 4.19. The molecule has 7 heteroatoms. The van der Waals surface area contributed by atoms with Gasteiger partial charge in [-0.3, -0.25) is 4.79 Å². The monoisotopic (exact) mass is 360 g/mol. The fourth-order valence-corrected chi connectivity index (χ4v) is 3.09. The first-order valence-electron chi connectivity index (χ1n) is 8.69. The Hall–Kier alpha value is -3.48. The fraction of sp³-hybridized carbons (Fsp3) is 0.200. The van der Waals surface area contributed by atoms with E-state index in [9.17, 15) is 4.79 Å². The van der Waals surface area contributed by atoms with E-state index in [-0.39, 0.29) is 5.91 Å². The molecule has 0 unspecified atom stereocenters. The van der Waals surface area contributed by atoms with Crippen LogP contribution in [0, 0.1) is 13.8 Å². The minimum atomic E-state index is -0.0949. The lowest BCUT2D eigenvalue weighted by atomic mass is 10.2. The zero-order chi connectivity index (χ0) is 19.0. The van der Waals surface area contributed by atoms with Crippen molar-refractivity contribution in [1.29, 1.82) is 0 Å². The van der Waals surface area contributed by atoms with Crippen LogP contribution in [0.4, 0.5) is 0 Å². The van der Waals surface area contributed by atoms with Crippen LogP contribution in [-0.4, -0.2) is 42.2 Å². The minimum absolute atomic E-state index is 0.0949. The highest BCUT2D eigenvalue weighted by Crippen LogP contribution is 2.15. The van der Waals surface area contributed by atoms with Gasteiger partial charge in [-0.05, 0) is 26.0 Å². The van der Waals surface area contributed by atoms with Crippen LogP contribution in [0.3, 0.4) is 0 Å². The highest BCUT2D eigenvalue weighted by Gasteiger charge is 2.18. The average Bonchev–Trinajstić information content (AvgIpc) is 3.29. The molecule has 3 aromatic heterocycles. The van der Waals surface area contributed by atoms with Gasteiger partial charge < -0.3 is 4.90 Å². The van der Waals surface area contributed by atoms with E-state index in [0.717, 1.165) is 28.3 Å². The van der Waals surface area contributed by atoms with Crippen LogP contribution >= 0.6 is 0 Å². The van der Waals surface area contributed by atoms with E-state index in [4.69, 9.17) is 0 Å². The number of amides is 1. The van der Waals surface area contributed by atoms with Gasteiger partial charge in [-0.25, -0.2) is 14.2 Å². The Balaban J connectivity index is 1.55. The number of fused-ring (bicyclic) bond motifs is 1. The van der Waals surface area contributed by atoms with E-state index in [1.807, 2.05) is 56.4 Å². The Morgan fingerprint density at radius 2 is 1.93 bits per heavy atom. The number of carbonyl (C=O) groups excluding carboxylic acids is 1. The minimum Gasteiger partial charge on any atom is -0.337 e. The van der Waals surface area contributed by atoms with Crippen molar-refractivity contribution in [3.8, 4) is 5.69 Å². The number of aromatic nitrogens is 5. The zero-order valence-corrected chi connectivity index (χ0v) is 15.5. The van der Waals surface area contributed by atoms with Gasteiger partial charge in [0.15, 0.2) is 5.65 Å². The quantitative estimate of drug-likeness (QED) is 0.561. The number of hydrogen-bond donors (Lipinski definition) is 0. The molecular weight excluding hydrogens is 340 g/mol. The molecule has 0 aliphatic carbocycles.